The van der Waals surface area contributed by atoms with Crippen LogP contribution in [0.2, 0.25) is 0 Å². The lowest BCUT2D eigenvalue weighted by atomic mass is 9.98. The first-order valence-electron chi connectivity index (χ1n) is 13.0. The van der Waals surface area contributed by atoms with Gasteiger partial charge < -0.3 is 4.74 Å². The average molecular weight is 507 g/mol. The van der Waals surface area contributed by atoms with Gasteiger partial charge in [0.05, 0.1) is 11.5 Å². The van der Waals surface area contributed by atoms with E-state index in [9.17, 15) is 8.42 Å². The van der Waals surface area contributed by atoms with Gasteiger partial charge in [-0.2, -0.15) is 0 Å². The summed E-state index contributed by atoms with van der Waals surface area (Å²) in [5, 5.41) is 1.10. The molecule has 2 fully saturated rings. The SMILES string of the molecule is O=S1(=O)CCN(Cc2cc3c(c4ncccc24)OCN(C2CCN(Cc4ccccc4)CC2)C3)CC1. The molecule has 0 unspecified atom stereocenters. The van der Waals surface area contributed by atoms with Crippen molar-refractivity contribution in [2.24, 2.45) is 0 Å². The summed E-state index contributed by atoms with van der Waals surface area (Å²) in [5.41, 5.74) is 4.70. The molecule has 0 aliphatic carbocycles. The number of ether oxygens (including phenoxy) is 1. The molecule has 0 N–H and O–H groups in total. The molecule has 36 heavy (non-hydrogen) atoms. The first-order valence-corrected chi connectivity index (χ1v) is 14.8. The van der Waals surface area contributed by atoms with E-state index in [1.165, 1.54) is 16.7 Å². The number of sulfone groups is 1. The summed E-state index contributed by atoms with van der Waals surface area (Å²) >= 11 is 0. The van der Waals surface area contributed by atoms with Gasteiger partial charge in [0.25, 0.3) is 0 Å². The van der Waals surface area contributed by atoms with Crippen LogP contribution in [0.1, 0.15) is 29.5 Å². The number of hydrogen-bond donors (Lipinski definition) is 0. The zero-order chi connectivity index (χ0) is 24.5. The van der Waals surface area contributed by atoms with E-state index in [2.05, 4.69) is 57.2 Å². The van der Waals surface area contributed by atoms with Crippen LogP contribution in [0.25, 0.3) is 10.9 Å². The fraction of sp³-hybridized carbons (Fsp3) is 0.464. The van der Waals surface area contributed by atoms with Gasteiger partial charge in [-0.3, -0.25) is 19.7 Å². The lowest BCUT2D eigenvalue weighted by Gasteiger charge is -2.40. The Morgan fingerprint density at radius 1 is 0.917 bits per heavy atom. The molecule has 0 spiro atoms. The summed E-state index contributed by atoms with van der Waals surface area (Å²) in [6.07, 6.45) is 4.12. The molecule has 1 aromatic heterocycles. The highest BCUT2D eigenvalue weighted by Crippen LogP contribution is 2.36. The van der Waals surface area contributed by atoms with Crippen LogP contribution in [0.4, 0.5) is 0 Å². The molecule has 3 aliphatic heterocycles. The van der Waals surface area contributed by atoms with Gasteiger partial charge in [-0.25, -0.2) is 8.42 Å². The number of nitrogens with zero attached hydrogens (tertiary/aromatic N) is 4. The van der Waals surface area contributed by atoms with Crippen molar-refractivity contribution in [2.45, 2.75) is 38.5 Å². The molecule has 0 atom stereocenters. The van der Waals surface area contributed by atoms with Crippen molar-refractivity contribution in [3.8, 4) is 5.75 Å². The monoisotopic (exact) mass is 506 g/mol. The Kier molecular flexibility index (Phi) is 6.69. The van der Waals surface area contributed by atoms with Gasteiger partial charge in [0.1, 0.15) is 12.2 Å². The average Bonchev–Trinajstić information content (AvgIpc) is 2.91. The van der Waals surface area contributed by atoms with Crippen molar-refractivity contribution in [3.63, 3.8) is 0 Å². The van der Waals surface area contributed by atoms with Crippen molar-refractivity contribution >= 4 is 20.7 Å². The first-order chi connectivity index (χ1) is 17.5. The van der Waals surface area contributed by atoms with E-state index in [0.29, 0.717) is 25.9 Å². The predicted molar refractivity (Wildman–Crippen MR) is 141 cm³/mol. The molecule has 190 valence electrons. The highest BCUT2D eigenvalue weighted by atomic mass is 32.2. The fourth-order valence-corrected chi connectivity index (χ4v) is 7.12. The second-order valence-electron chi connectivity index (χ2n) is 10.4. The first kappa shape index (κ1) is 23.9. The van der Waals surface area contributed by atoms with Crippen molar-refractivity contribution < 1.29 is 13.2 Å². The molecule has 2 saturated heterocycles. The highest BCUT2D eigenvalue weighted by molar-refractivity contribution is 7.91. The second kappa shape index (κ2) is 10.1. The molecular formula is C28H34N4O3S. The quantitative estimate of drug-likeness (QED) is 0.526. The summed E-state index contributed by atoms with van der Waals surface area (Å²) in [7, 11) is -2.89. The van der Waals surface area contributed by atoms with Gasteiger partial charge in [-0.05, 0) is 49.2 Å². The maximum Gasteiger partial charge on any atom is 0.152 e. The van der Waals surface area contributed by atoms with Crippen LogP contribution in [-0.2, 0) is 29.5 Å². The number of benzene rings is 2. The normalized spacial score (nSPS) is 21.8. The molecule has 6 rings (SSSR count). The van der Waals surface area contributed by atoms with Crippen LogP contribution in [0.15, 0.2) is 54.7 Å². The van der Waals surface area contributed by atoms with E-state index in [0.717, 1.165) is 62.2 Å². The Balaban J connectivity index is 1.16. The third-order valence-corrected chi connectivity index (χ3v) is 9.52. The Labute approximate surface area is 213 Å². The molecule has 4 heterocycles. The molecule has 0 bridgehead atoms. The van der Waals surface area contributed by atoms with Crippen LogP contribution < -0.4 is 4.74 Å². The Morgan fingerprint density at radius 2 is 1.67 bits per heavy atom. The zero-order valence-corrected chi connectivity index (χ0v) is 21.5. The van der Waals surface area contributed by atoms with E-state index in [4.69, 9.17) is 9.72 Å². The highest BCUT2D eigenvalue weighted by Gasteiger charge is 2.30. The number of likely N-dealkylation sites (tertiary alicyclic amines) is 1. The number of hydrogen-bond acceptors (Lipinski definition) is 7. The summed E-state index contributed by atoms with van der Waals surface area (Å²) in [5.74, 6) is 1.40. The predicted octanol–water partition coefficient (Wildman–Crippen LogP) is 3.28. The molecule has 0 radical (unpaired) electrons. The topological polar surface area (TPSA) is 66.0 Å². The minimum absolute atomic E-state index is 0.244. The Morgan fingerprint density at radius 3 is 2.44 bits per heavy atom. The van der Waals surface area contributed by atoms with Crippen LogP contribution in [0.3, 0.4) is 0 Å². The smallest absolute Gasteiger partial charge is 0.152 e. The minimum Gasteiger partial charge on any atom is -0.475 e. The lowest BCUT2D eigenvalue weighted by molar-refractivity contribution is 0.0249. The maximum atomic E-state index is 11.9. The van der Waals surface area contributed by atoms with Gasteiger partial charge >= 0.3 is 0 Å². The van der Waals surface area contributed by atoms with Crippen LogP contribution in [0.5, 0.6) is 5.75 Å². The third kappa shape index (κ3) is 5.13. The summed E-state index contributed by atoms with van der Waals surface area (Å²) in [6, 6.07) is 17.6. The number of fused-ring (bicyclic) bond motifs is 3. The van der Waals surface area contributed by atoms with Crippen LogP contribution in [0, 0.1) is 0 Å². The second-order valence-corrected chi connectivity index (χ2v) is 12.7. The van der Waals surface area contributed by atoms with Gasteiger partial charge in [0.15, 0.2) is 15.6 Å². The van der Waals surface area contributed by atoms with Gasteiger partial charge in [0.2, 0.25) is 0 Å². The van der Waals surface area contributed by atoms with Crippen molar-refractivity contribution in [1.82, 2.24) is 19.7 Å². The minimum atomic E-state index is -2.89. The number of aromatic nitrogens is 1. The molecule has 0 saturated carbocycles. The molecule has 2 aromatic carbocycles. The molecule has 3 aliphatic rings. The zero-order valence-electron chi connectivity index (χ0n) is 20.7. The van der Waals surface area contributed by atoms with Crippen molar-refractivity contribution in [1.29, 1.82) is 0 Å². The van der Waals surface area contributed by atoms with E-state index < -0.39 is 9.84 Å². The summed E-state index contributed by atoms with van der Waals surface area (Å²) < 4.78 is 30.1. The maximum absolute atomic E-state index is 11.9. The van der Waals surface area contributed by atoms with Crippen molar-refractivity contribution in [3.05, 3.63) is 71.4 Å². The Hall–Kier alpha value is -2.52. The number of piperidine rings is 1. The van der Waals surface area contributed by atoms with Gasteiger partial charge in [-0.1, -0.05) is 36.4 Å². The van der Waals surface area contributed by atoms with Crippen LogP contribution >= 0.6 is 0 Å². The molecule has 8 heteroatoms. The largest absolute Gasteiger partial charge is 0.475 e. The number of pyridine rings is 1. The van der Waals surface area contributed by atoms with Crippen LogP contribution in [-0.4, -0.2) is 78.6 Å². The van der Waals surface area contributed by atoms with E-state index in [1.807, 2.05) is 12.3 Å². The lowest BCUT2D eigenvalue weighted by Crippen LogP contribution is -2.47. The third-order valence-electron chi connectivity index (χ3n) is 7.91. The van der Waals surface area contributed by atoms with E-state index in [-0.39, 0.29) is 11.5 Å². The number of rotatable bonds is 5. The van der Waals surface area contributed by atoms with Gasteiger partial charge in [0, 0.05) is 55.9 Å². The van der Waals surface area contributed by atoms with E-state index >= 15 is 0 Å². The van der Waals surface area contributed by atoms with E-state index in [1.54, 1.807) is 0 Å². The summed E-state index contributed by atoms with van der Waals surface area (Å²) in [6.45, 7) is 6.61. The molecule has 3 aromatic rings. The van der Waals surface area contributed by atoms with Gasteiger partial charge in [-0.15, -0.1) is 0 Å². The standard InChI is InChI=1S/C28H34N4O3S/c33-36(34)15-13-31(14-16-36)19-23-17-24-20-32(21-35-28(24)27-26(23)7-4-10-29-27)25-8-11-30(12-9-25)18-22-5-2-1-3-6-22/h1-7,10,17,25H,8-9,11-16,18-21H2. The summed E-state index contributed by atoms with van der Waals surface area (Å²) in [4.78, 5) is 12.0. The molecular weight excluding hydrogens is 472 g/mol. The molecule has 0 amide bonds. The molecule has 7 nitrogen and oxygen atoms in total. The van der Waals surface area contributed by atoms with Crippen molar-refractivity contribution in [2.75, 3.05) is 44.4 Å². The fourth-order valence-electron chi connectivity index (χ4n) is 5.84. The Bertz CT molecular complexity index is 1310.